The summed E-state index contributed by atoms with van der Waals surface area (Å²) >= 11 is 0. The van der Waals surface area contributed by atoms with E-state index < -0.39 is 0 Å². The molecule has 1 N–H and O–H groups in total. The van der Waals surface area contributed by atoms with Gasteiger partial charge in [-0.15, -0.1) is 0 Å². The first-order chi connectivity index (χ1) is 4.72. The molecule has 1 heterocycles. The lowest BCUT2D eigenvalue weighted by molar-refractivity contribution is 0.513. The SMILES string of the molecule is C=C(O)c1cccnc1C. The van der Waals surface area contributed by atoms with Crippen molar-refractivity contribution in [3.63, 3.8) is 0 Å². The van der Waals surface area contributed by atoms with Crippen molar-refractivity contribution in [2.75, 3.05) is 0 Å². The second-order valence-electron chi connectivity index (χ2n) is 2.08. The van der Waals surface area contributed by atoms with Crippen LogP contribution in [0.25, 0.3) is 5.76 Å². The van der Waals surface area contributed by atoms with Gasteiger partial charge in [-0.1, -0.05) is 6.58 Å². The van der Waals surface area contributed by atoms with Gasteiger partial charge < -0.3 is 5.11 Å². The Labute approximate surface area is 59.9 Å². The fraction of sp³-hybridized carbons (Fsp3) is 0.125. The number of hydrogen-bond acceptors (Lipinski definition) is 2. The lowest BCUT2D eigenvalue weighted by Gasteiger charge is -1.99. The molecule has 0 atom stereocenters. The second-order valence-corrected chi connectivity index (χ2v) is 2.08. The van der Waals surface area contributed by atoms with E-state index in [-0.39, 0.29) is 5.76 Å². The Morgan fingerprint density at radius 3 is 2.80 bits per heavy atom. The molecule has 0 aromatic carbocycles. The van der Waals surface area contributed by atoms with E-state index in [1.807, 2.05) is 6.92 Å². The Hall–Kier alpha value is -1.31. The van der Waals surface area contributed by atoms with Crippen LogP contribution in [0.15, 0.2) is 24.9 Å². The smallest absolute Gasteiger partial charge is 0.117 e. The summed E-state index contributed by atoms with van der Waals surface area (Å²) in [5.41, 5.74) is 1.51. The van der Waals surface area contributed by atoms with Crippen LogP contribution in [-0.4, -0.2) is 10.1 Å². The molecule has 0 amide bonds. The Balaban J connectivity index is 3.15. The van der Waals surface area contributed by atoms with E-state index in [2.05, 4.69) is 11.6 Å². The molecule has 0 radical (unpaired) electrons. The maximum absolute atomic E-state index is 8.97. The molecule has 0 saturated heterocycles. The second kappa shape index (κ2) is 2.52. The van der Waals surface area contributed by atoms with Gasteiger partial charge in [0.25, 0.3) is 0 Å². The number of aliphatic hydroxyl groups excluding tert-OH is 1. The molecule has 0 saturated carbocycles. The number of aliphatic hydroxyl groups is 1. The van der Waals surface area contributed by atoms with Crippen LogP contribution in [0.5, 0.6) is 0 Å². The average molecular weight is 135 g/mol. The zero-order valence-corrected chi connectivity index (χ0v) is 5.83. The van der Waals surface area contributed by atoms with Crippen LogP contribution < -0.4 is 0 Å². The largest absolute Gasteiger partial charge is 0.508 e. The zero-order chi connectivity index (χ0) is 7.56. The lowest BCUT2D eigenvalue weighted by Crippen LogP contribution is -1.88. The van der Waals surface area contributed by atoms with Gasteiger partial charge in [0.15, 0.2) is 0 Å². The number of hydrogen-bond donors (Lipinski definition) is 1. The first kappa shape index (κ1) is 6.81. The Kier molecular flexibility index (Phi) is 1.71. The highest BCUT2D eigenvalue weighted by Gasteiger charge is 1.98. The molecule has 2 heteroatoms. The predicted octanol–water partition coefficient (Wildman–Crippen LogP) is 1.92. The van der Waals surface area contributed by atoms with E-state index in [9.17, 15) is 0 Å². The van der Waals surface area contributed by atoms with Crippen molar-refractivity contribution < 1.29 is 5.11 Å². The van der Waals surface area contributed by atoms with Crippen LogP contribution in [-0.2, 0) is 0 Å². The number of rotatable bonds is 1. The number of nitrogens with zero attached hydrogens (tertiary/aromatic N) is 1. The summed E-state index contributed by atoms with van der Waals surface area (Å²) < 4.78 is 0. The third-order valence-corrected chi connectivity index (χ3v) is 1.32. The molecule has 0 bridgehead atoms. The third-order valence-electron chi connectivity index (χ3n) is 1.32. The van der Waals surface area contributed by atoms with Crippen LogP contribution in [0.1, 0.15) is 11.3 Å². The molecule has 0 unspecified atom stereocenters. The topological polar surface area (TPSA) is 33.1 Å². The summed E-state index contributed by atoms with van der Waals surface area (Å²) in [5, 5.41) is 8.97. The molecule has 52 valence electrons. The Morgan fingerprint density at radius 1 is 1.70 bits per heavy atom. The van der Waals surface area contributed by atoms with Gasteiger partial charge >= 0.3 is 0 Å². The normalized spacial score (nSPS) is 9.30. The minimum Gasteiger partial charge on any atom is -0.508 e. The summed E-state index contributed by atoms with van der Waals surface area (Å²) in [6, 6.07) is 3.55. The molecule has 1 aromatic rings. The maximum Gasteiger partial charge on any atom is 0.117 e. The molecular weight excluding hydrogens is 126 g/mol. The third kappa shape index (κ3) is 1.16. The van der Waals surface area contributed by atoms with E-state index in [1.54, 1.807) is 18.3 Å². The molecule has 1 aromatic heterocycles. The van der Waals surface area contributed by atoms with E-state index >= 15 is 0 Å². The van der Waals surface area contributed by atoms with Crippen molar-refractivity contribution in [2.24, 2.45) is 0 Å². The summed E-state index contributed by atoms with van der Waals surface area (Å²) in [6.07, 6.45) is 1.68. The molecule has 0 spiro atoms. The standard InChI is InChI=1S/C8H9NO/c1-6-8(7(2)10)4-3-5-9-6/h3-5,10H,2H2,1H3. The minimum absolute atomic E-state index is 0.0746. The van der Waals surface area contributed by atoms with Gasteiger partial charge in [-0.3, -0.25) is 4.98 Å². The van der Waals surface area contributed by atoms with Gasteiger partial charge in [-0.05, 0) is 19.1 Å². The number of aromatic nitrogens is 1. The molecule has 0 aliphatic heterocycles. The molecule has 0 aliphatic rings. The minimum atomic E-state index is 0.0746. The molecule has 10 heavy (non-hydrogen) atoms. The van der Waals surface area contributed by atoms with Crippen molar-refractivity contribution in [1.82, 2.24) is 4.98 Å². The van der Waals surface area contributed by atoms with Crippen LogP contribution in [0.3, 0.4) is 0 Å². The number of aryl methyl sites for hydroxylation is 1. The van der Waals surface area contributed by atoms with E-state index in [0.29, 0.717) is 5.56 Å². The molecular formula is C8H9NO. The zero-order valence-electron chi connectivity index (χ0n) is 5.83. The average Bonchev–Trinajstić information content (AvgIpc) is 1.88. The highest BCUT2D eigenvalue weighted by molar-refractivity contribution is 5.57. The lowest BCUT2D eigenvalue weighted by atomic mass is 10.2. The Bertz CT molecular complexity index is 255. The number of pyridine rings is 1. The summed E-state index contributed by atoms with van der Waals surface area (Å²) in [7, 11) is 0. The van der Waals surface area contributed by atoms with Gasteiger partial charge in [0.1, 0.15) is 5.76 Å². The summed E-state index contributed by atoms with van der Waals surface area (Å²) in [6.45, 7) is 5.23. The highest BCUT2D eigenvalue weighted by atomic mass is 16.3. The van der Waals surface area contributed by atoms with Gasteiger partial charge in [0.05, 0.1) is 0 Å². The van der Waals surface area contributed by atoms with E-state index in [4.69, 9.17) is 5.11 Å². The van der Waals surface area contributed by atoms with Crippen molar-refractivity contribution >= 4 is 5.76 Å². The fourth-order valence-corrected chi connectivity index (χ4v) is 0.789. The first-order valence-electron chi connectivity index (χ1n) is 3.01. The first-order valence-corrected chi connectivity index (χ1v) is 3.01. The van der Waals surface area contributed by atoms with Crippen molar-refractivity contribution in [3.05, 3.63) is 36.2 Å². The van der Waals surface area contributed by atoms with Crippen molar-refractivity contribution in [1.29, 1.82) is 0 Å². The van der Waals surface area contributed by atoms with Crippen LogP contribution >= 0.6 is 0 Å². The molecule has 2 nitrogen and oxygen atoms in total. The van der Waals surface area contributed by atoms with Gasteiger partial charge in [0, 0.05) is 17.5 Å². The summed E-state index contributed by atoms with van der Waals surface area (Å²) in [4.78, 5) is 3.98. The van der Waals surface area contributed by atoms with Gasteiger partial charge in [-0.2, -0.15) is 0 Å². The molecule has 0 fully saturated rings. The van der Waals surface area contributed by atoms with Gasteiger partial charge in [-0.25, -0.2) is 0 Å². The van der Waals surface area contributed by atoms with Crippen LogP contribution in [0.4, 0.5) is 0 Å². The molecule has 1 rings (SSSR count). The van der Waals surface area contributed by atoms with Crippen molar-refractivity contribution in [2.45, 2.75) is 6.92 Å². The summed E-state index contributed by atoms with van der Waals surface area (Å²) in [5.74, 6) is 0.0746. The predicted molar refractivity (Wildman–Crippen MR) is 40.6 cm³/mol. The maximum atomic E-state index is 8.97. The highest BCUT2D eigenvalue weighted by Crippen LogP contribution is 2.10. The van der Waals surface area contributed by atoms with Crippen LogP contribution in [0.2, 0.25) is 0 Å². The van der Waals surface area contributed by atoms with E-state index in [0.717, 1.165) is 5.69 Å². The van der Waals surface area contributed by atoms with Gasteiger partial charge in [0.2, 0.25) is 0 Å². The fourth-order valence-electron chi connectivity index (χ4n) is 0.789. The van der Waals surface area contributed by atoms with Crippen LogP contribution in [0, 0.1) is 6.92 Å². The molecule has 0 aliphatic carbocycles. The quantitative estimate of drug-likeness (QED) is 0.597. The van der Waals surface area contributed by atoms with E-state index in [1.165, 1.54) is 0 Å². The Morgan fingerprint density at radius 2 is 2.40 bits per heavy atom. The van der Waals surface area contributed by atoms with Crippen molar-refractivity contribution in [3.8, 4) is 0 Å². The monoisotopic (exact) mass is 135 g/mol.